The van der Waals surface area contributed by atoms with Gasteiger partial charge in [0.05, 0.1) is 6.04 Å². The number of hydrogen-bond acceptors (Lipinski definition) is 4. The maximum atomic E-state index is 13.4. The summed E-state index contributed by atoms with van der Waals surface area (Å²) >= 11 is 3.38. The highest BCUT2D eigenvalue weighted by molar-refractivity contribution is 9.09. The van der Waals surface area contributed by atoms with E-state index < -0.39 is 0 Å². The van der Waals surface area contributed by atoms with Crippen molar-refractivity contribution in [2.45, 2.75) is 98.4 Å². The monoisotopic (exact) mass is 939 g/mol. The van der Waals surface area contributed by atoms with E-state index in [1.54, 1.807) is 24.3 Å². The zero-order valence-corrected chi connectivity index (χ0v) is 39.9. The Balaban J connectivity index is 0.000000184. The lowest BCUT2D eigenvalue weighted by molar-refractivity contribution is -0.113. The van der Waals surface area contributed by atoms with Crippen LogP contribution in [0, 0.1) is 46.3 Å². The van der Waals surface area contributed by atoms with Crippen LogP contribution in [-0.2, 0) is 24.1 Å². The number of para-hydroxylation sites is 1. The Morgan fingerprint density at radius 3 is 1.69 bits per heavy atom. The number of H-pyrrole nitrogens is 2. The number of carbonyl (C=O) groups excluding carboxylic acids is 2. The van der Waals surface area contributed by atoms with E-state index in [-0.39, 0.29) is 46.8 Å². The van der Waals surface area contributed by atoms with Gasteiger partial charge in [-0.25, -0.2) is 8.78 Å². The lowest BCUT2D eigenvalue weighted by Crippen LogP contribution is -2.17. The molecule has 0 fully saturated rings. The van der Waals surface area contributed by atoms with Gasteiger partial charge in [0.15, 0.2) is 11.6 Å². The molecule has 0 saturated heterocycles. The maximum Gasteiger partial charge on any atom is 0.251 e. The third-order valence-corrected chi connectivity index (χ3v) is 12.7. The summed E-state index contributed by atoms with van der Waals surface area (Å²) in [5, 5.41) is 0.901. The summed E-state index contributed by atoms with van der Waals surface area (Å²) in [5.74, 6) is -0.306. The number of alkyl halides is 1. The number of aromatic amines is 2. The molecule has 4 aromatic carbocycles. The van der Waals surface area contributed by atoms with Crippen LogP contribution < -0.4 is 11.1 Å². The second-order valence-electron chi connectivity index (χ2n) is 17.0. The molecule has 2 unspecified atom stereocenters. The number of nitrogens with one attached hydrogen (secondary N) is 2. The van der Waals surface area contributed by atoms with Crippen molar-refractivity contribution in [3.05, 3.63) is 214 Å². The van der Waals surface area contributed by atoms with Crippen molar-refractivity contribution in [2.75, 3.05) is 0 Å². The fraction of sp³-hybridized carbons (Fsp3) is 0.273. The van der Waals surface area contributed by atoms with Crippen molar-refractivity contribution in [2.24, 2.45) is 0 Å². The summed E-state index contributed by atoms with van der Waals surface area (Å²) in [6.45, 7) is 15.6. The average Bonchev–Trinajstić information content (AvgIpc) is 3.75. The Hall–Kier alpha value is -6.26. The summed E-state index contributed by atoms with van der Waals surface area (Å²) in [7, 11) is 0. The number of nitrogens with zero attached hydrogens (tertiary/aromatic N) is 1. The molecule has 2 N–H and O–H groups in total. The van der Waals surface area contributed by atoms with E-state index in [9.17, 15) is 28.0 Å². The Kier molecular flexibility index (Phi) is 15.7. The van der Waals surface area contributed by atoms with Gasteiger partial charge in [-0.05, 0) is 150 Å². The van der Waals surface area contributed by atoms with Crippen molar-refractivity contribution in [3.63, 3.8) is 0 Å². The Morgan fingerprint density at radius 2 is 1.15 bits per heavy atom. The summed E-state index contributed by atoms with van der Waals surface area (Å²) < 4.78 is 27.9. The predicted octanol–water partition coefficient (Wildman–Crippen LogP) is 12.6. The number of Topliss-reactive ketones (excluding diaryl/α,β-unsaturated/α-hetero) is 2. The number of ketones is 2. The first-order valence-corrected chi connectivity index (χ1v) is 22.8. The second-order valence-corrected chi connectivity index (χ2v) is 18.3. The smallest absolute Gasteiger partial charge is 0.251 e. The van der Waals surface area contributed by atoms with Crippen molar-refractivity contribution in [1.82, 2.24) is 14.5 Å². The van der Waals surface area contributed by atoms with E-state index in [1.807, 2.05) is 103 Å². The molecule has 8 rings (SSSR count). The SMILES string of the molecule is CC(Br)c1ccc(F)cc1.CC1=C(C(=O)CCc2c(C)cc(C)[nH]c2=O)c2ccccc2C1.Cc1cc(C)c(CCC(=O)c2c(C)n(C(C)c3ccc(F)cc3)c3ccccc23)c(=O)[nH]1. The molecule has 7 nitrogen and oxygen atoms in total. The minimum absolute atomic E-state index is 0.0168. The third kappa shape index (κ3) is 11.3. The lowest BCUT2D eigenvalue weighted by Gasteiger charge is -2.18. The Bertz CT molecular complexity index is 3010. The van der Waals surface area contributed by atoms with Crippen molar-refractivity contribution in [1.29, 1.82) is 0 Å². The predicted molar refractivity (Wildman–Crippen MR) is 262 cm³/mol. The number of allylic oxidation sites excluding steroid dienone is 2. The van der Waals surface area contributed by atoms with Crippen LogP contribution in [0.5, 0.6) is 0 Å². The van der Waals surface area contributed by atoms with Gasteiger partial charge in [-0.2, -0.15) is 0 Å². The van der Waals surface area contributed by atoms with E-state index in [1.165, 1.54) is 29.8 Å². The highest BCUT2D eigenvalue weighted by Crippen LogP contribution is 2.35. The number of pyridine rings is 2. The zero-order valence-electron chi connectivity index (χ0n) is 38.3. The molecular formula is C55H56BrF2N3O4. The third-order valence-electron chi connectivity index (χ3n) is 12.1. The number of rotatable bonds is 11. The number of fused-ring (bicyclic) bond motifs is 2. The van der Waals surface area contributed by atoms with Gasteiger partial charge in [-0.3, -0.25) is 19.2 Å². The number of aromatic nitrogens is 3. The van der Waals surface area contributed by atoms with E-state index in [4.69, 9.17) is 0 Å². The maximum absolute atomic E-state index is 13.4. The van der Waals surface area contributed by atoms with Gasteiger partial charge in [0.25, 0.3) is 11.1 Å². The van der Waals surface area contributed by atoms with Gasteiger partial charge in [0.1, 0.15) is 11.6 Å². The number of carbonyl (C=O) groups is 2. The zero-order chi connectivity index (χ0) is 47.1. The highest BCUT2D eigenvalue weighted by Gasteiger charge is 2.25. The van der Waals surface area contributed by atoms with Gasteiger partial charge in [-0.15, -0.1) is 0 Å². The van der Waals surface area contributed by atoms with Crippen LogP contribution in [0.1, 0.15) is 116 Å². The highest BCUT2D eigenvalue weighted by atomic mass is 79.9. The molecule has 1 aliphatic rings. The molecule has 0 bridgehead atoms. The van der Waals surface area contributed by atoms with E-state index in [0.29, 0.717) is 40.8 Å². The van der Waals surface area contributed by atoms with Crippen LogP contribution in [0.4, 0.5) is 8.78 Å². The lowest BCUT2D eigenvalue weighted by atomic mass is 9.96. The van der Waals surface area contributed by atoms with E-state index in [0.717, 1.165) is 73.4 Å². The van der Waals surface area contributed by atoms with Crippen LogP contribution in [0.2, 0.25) is 0 Å². The molecule has 65 heavy (non-hydrogen) atoms. The molecule has 3 aromatic heterocycles. The fourth-order valence-electron chi connectivity index (χ4n) is 8.88. The normalized spacial score (nSPS) is 12.8. The van der Waals surface area contributed by atoms with E-state index >= 15 is 0 Å². The quantitative estimate of drug-likeness (QED) is 0.0995. The molecule has 1 aliphatic carbocycles. The first kappa shape index (κ1) is 48.2. The number of hydrogen-bond donors (Lipinski definition) is 2. The summed E-state index contributed by atoms with van der Waals surface area (Å²) in [6, 6.07) is 32.7. The Labute approximate surface area is 387 Å². The van der Waals surface area contributed by atoms with Crippen LogP contribution in [0.25, 0.3) is 16.5 Å². The number of benzene rings is 4. The van der Waals surface area contributed by atoms with Crippen molar-refractivity contribution >= 4 is 44.0 Å². The molecule has 10 heteroatoms. The molecule has 0 radical (unpaired) electrons. The molecule has 0 saturated carbocycles. The molecule has 0 aliphatic heterocycles. The van der Waals surface area contributed by atoms with E-state index in [2.05, 4.69) is 43.5 Å². The van der Waals surface area contributed by atoms with Crippen LogP contribution in [0.15, 0.2) is 124 Å². The van der Waals surface area contributed by atoms with Gasteiger partial charge in [0, 0.05) is 67.9 Å². The van der Waals surface area contributed by atoms with Crippen LogP contribution in [-0.4, -0.2) is 26.1 Å². The minimum atomic E-state index is -0.271. The fourth-order valence-corrected chi connectivity index (χ4v) is 9.19. The molecule has 7 aromatic rings. The average molecular weight is 941 g/mol. The second kappa shape index (κ2) is 21.2. The van der Waals surface area contributed by atoms with Gasteiger partial charge < -0.3 is 14.5 Å². The standard InChI is InChI=1S/C27H27FN2O2.C20H21NO2.C8H8BrF/c1-16-15-17(2)29-27(32)22(16)13-14-25(31)26-19(4)30(24-8-6-5-7-23(24)26)18(3)20-9-11-21(28)12-10-20;1-12-10-14(3)21-20(23)16(12)8-9-18(22)19-13(2)11-15-6-4-5-7-17(15)19;1-6(9)7-2-4-8(10)5-3-7/h5-12,15,18H,13-14H2,1-4H3,(H,29,32);4-7,10H,8-9,11H2,1-3H3,(H,21,23);2-6H,1H3. The minimum Gasteiger partial charge on any atom is -0.337 e. The van der Waals surface area contributed by atoms with Crippen molar-refractivity contribution in [3.8, 4) is 0 Å². The first-order valence-electron chi connectivity index (χ1n) is 21.9. The first-order chi connectivity index (χ1) is 30.9. The molecule has 2 atom stereocenters. The van der Waals surface area contributed by atoms with Crippen LogP contribution in [0.3, 0.4) is 0 Å². The summed E-state index contributed by atoms with van der Waals surface area (Å²) in [4.78, 5) is 56.5. The number of halogens is 3. The van der Waals surface area contributed by atoms with Gasteiger partial charge in [0.2, 0.25) is 0 Å². The molecule has 0 spiro atoms. The molecule has 3 heterocycles. The van der Waals surface area contributed by atoms with Gasteiger partial charge >= 0.3 is 0 Å². The summed E-state index contributed by atoms with van der Waals surface area (Å²) in [5.41, 5.74) is 13.6. The molecular weight excluding hydrogens is 885 g/mol. The molecule has 0 amide bonds. The van der Waals surface area contributed by atoms with Gasteiger partial charge in [-0.1, -0.05) is 88.2 Å². The number of aryl methyl sites for hydroxylation is 4. The topological polar surface area (TPSA) is 105 Å². The van der Waals surface area contributed by atoms with Crippen molar-refractivity contribution < 1.29 is 18.4 Å². The Morgan fingerprint density at radius 1 is 0.662 bits per heavy atom. The summed E-state index contributed by atoms with van der Waals surface area (Å²) in [6.07, 6.45) is 2.36. The largest absolute Gasteiger partial charge is 0.337 e. The molecule has 336 valence electrons. The van der Waals surface area contributed by atoms with Crippen LogP contribution >= 0.6 is 15.9 Å².